The van der Waals surface area contributed by atoms with E-state index in [2.05, 4.69) is 5.32 Å². The summed E-state index contributed by atoms with van der Waals surface area (Å²) >= 11 is 5.99. The molecule has 0 heterocycles. The fourth-order valence-corrected chi connectivity index (χ4v) is 3.11. The van der Waals surface area contributed by atoms with E-state index >= 15 is 0 Å². The Labute approximate surface area is 123 Å². The standard InChI is InChI=1S/C15H19ClN2O2/c16-11-2-5-13-10(9-11)1-6-14(13)17-15(20)18(7-8-19)12-3-4-12/h2,5,9,12,14,19H,1,3-4,6-8H2,(H,17,20). The lowest BCUT2D eigenvalue weighted by molar-refractivity contribution is 0.170. The van der Waals surface area contributed by atoms with Crippen LogP contribution in [0.2, 0.25) is 5.02 Å². The molecule has 1 fully saturated rings. The van der Waals surface area contributed by atoms with Crippen LogP contribution in [0.4, 0.5) is 4.79 Å². The SMILES string of the molecule is O=C(NC1CCc2cc(Cl)ccc21)N(CCO)C1CC1. The van der Waals surface area contributed by atoms with Crippen LogP contribution in [-0.4, -0.2) is 35.2 Å². The van der Waals surface area contributed by atoms with Gasteiger partial charge >= 0.3 is 6.03 Å². The van der Waals surface area contributed by atoms with Gasteiger partial charge in [-0.25, -0.2) is 4.79 Å². The van der Waals surface area contributed by atoms with Crippen molar-refractivity contribution in [2.75, 3.05) is 13.2 Å². The zero-order chi connectivity index (χ0) is 14.1. The van der Waals surface area contributed by atoms with Gasteiger partial charge in [0, 0.05) is 17.6 Å². The fourth-order valence-electron chi connectivity index (χ4n) is 2.91. The molecule has 5 heteroatoms. The number of hydrogen-bond donors (Lipinski definition) is 2. The van der Waals surface area contributed by atoms with E-state index in [1.54, 1.807) is 4.90 Å². The number of aliphatic hydroxyl groups excluding tert-OH is 1. The smallest absolute Gasteiger partial charge is 0.318 e. The number of carbonyl (C=O) groups is 1. The molecule has 108 valence electrons. The zero-order valence-corrected chi connectivity index (χ0v) is 12.1. The molecule has 0 aliphatic heterocycles. The number of rotatable bonds is 4. The molecule has 4 nitrogen and oxygen atoms in total. The third kappa shape index (κ3) is 2.76. The lowest BCUT2D eigenvalue weighted by Gasteiger charge is -2.24. The molecule has 20 heavy (non-hydrogen) atoms. The van der Waals surface area contributed by atoms with E-state index in [1.807, 2.05) is 18.2 Å². The van der Waals surface area contributed by atoms with Crippen molar-refractivity contribution in [2.45, 2.75) is 37.8 Å². The van der Waals surface area contributed by atoms with Crippen LogP contribution in [0.15, 0.2) is 18.2 Å². The maximum absolute atomic E-state index is 12.3. The molecule has 2 N–H and O–H groups in total. The molecule has 0 aromatic heterocycles. The summed E-state index contributed by atoms with van der Waals surface area (Å²) in [6.07, 6.45) is 3.96. The molecule has 3 rings (SSSR count). The summed E-state index contributed by atoms with van der Waals surface area (Å²) in [5.74, 6) is 0. The number of hydrogen-bond acceptors (Lipinski definition) is 2. The van der Waals surface area contributed by atoms with Gasteiger partial charge in [0.15, 0.2) is 0 Å². The number of benzene rings is 1. The number of amides is 2. The number of halogens is 1. The average Bonchev–Trinajstić information content (AvgIpc) is 3.19. The first-order valence-electron chi connectivity index (χ1n) is 7.15. The molecule has 1 aromatic carbocycles. The Morgan fingerprint density at radius 2 is 2.20 bits per heavy atom. The first kappa shape index (κ1) is 13.7. The van der Waals surface area contributed by atoms with Gasteiger partial charge in [0.2, 0.25) is 0 Å². The number of carbonyl (C=O) groups excluding carboxylic acids is 1. The second kappa shape index (κ2) is 5.62. The van der Waals surface area contributed by atoms with Gasteiger partial charge < -0.3 is 15.3 Å². The van der Waals surface area contributed by atoms with E-state index in [0.29, 0.717) is 12.6 Å². The number of fused-ring (bicyclic) bond motifs is 1. The maximum atomic E-state index is 12.3. The van der Waals surface area contributed by atoms with Crippen molar-refractivity contribution in [2.24, 2.45) is 0 Å². The van der Waals surface area contributed by atoms with Crippen molar-refractivity contribution >= 4 is 17.6 Å². The van der Waals surface area contributed by atoms with Crippen LogP contribution < -0.4 is 5.32 Å². The van der Waals surface area contributed by atoms with Crippen molar-refractivity contribution in [1.29, 1.82) is 0 Å². The predicted octanol–water partition coefficient (Wildman–Crippen LogP) is 2.49. The zero-order valence-electron chi connectivity index (χ0n) is 11.3. The molecule has 0 radical (unpaired) electrons. The van der Waals surface area contributed by atoms with Crippen LogP contribution in [-0.2, 0) is 6.42 Å². The number of urea groups is 1. The van der Waals surface area contributed by atoms with E-state index in [-0.39, 0.29) is 18.7 Å². The molecular weight excluding hydrogens is 276 g/mol. The lowest BCUT2D eigenvalue weighted by atomic mass is 10.1. The summed E-state index contributed by atoms with van der Waals surface area (Å²) in [6.45, 7) is 0.428. The van der Waals surface area contributed by atoms with Crippen LogP contribution in [0, 0.1) is 0 Å². The van der Waals surface area contributed by atoms with Gasteiger partial charge in [0.1, 0.15) is 0 Å². The van der Waals surface area contributed by atoms with Crippen LogP contribution >= 0.6 is 11.6 Å². The van der Waals surface area contributed by atoms with E-state index in [9.17, 15) is 4.79 Å². The minimum atomic E-state index is -0.0608. The second-order valence-corrected chi connectivity index (χ2v) is 5.97. The van der Waals surface area contributed by atoms with Crippen molar-refractivity contribution in [3.63, 3.8) is 0 Å². The number of aliphatic hydroxyl groups is 1. The lowest BCUT2D eigenvalue weighted by Crippen LogP contribution is -2.43. The van der Waals surface area contributed by atoms with Gasteiger partial charge in [0.05, 0.1) is 12.6 Å². The largest absolute Gasteiger partial charge is 0.395 e. The first-order chi connectivity index (χ1) is 9.69. The van der Waals surface area contributed by atoms with Crippen molar-refractivity contribution < 1.29 is 9.90 Å². The van der Waals surface area contributed by atoms with E-state index in [4.69, 9.17) is 16.7 Å². The summed E-state index contributed by atoms with van der Waals surface area (Å²) < 4.78 is 0. The van der Waals surface area contributed by atoms with Gasteiger partial charge in [-0.1, -0.05) is 17.7 Å². The molecule has 1 unspecified atom stereocenters. The molecule has 1 atom stereocenters. The van der Waals surface area contributed by atoms with E-state index < -0.39 is 0 Å². The minimum Gasteiger partial charge on any atom is -0.395 e. The molecule has 2 aliphatic rings. The highest BCUT2D eigenvalue weighted by Gasteiger charge is 2.34. The van der Waals surface area contributed by atoms with Gasteiger partial charge in [0.25, 0.3) is 0 Å². The quantitative estimate of drug-likeness (QED) is 0.896. The highest BCUT2D eigenvalue weighted by molar-refractivity contribution is 6.30. The van der Waals surface area contributed by atoms with Gasteiger partial charge in [-0.15, -0.1) is 0 Å². The van der Waals surface area contributed by atoms with Crippen molar-refractivity contribution in [3.8, 4) is 0 Å². The van der Waals surface area contributed by atoms with Crippen LogP contribution in [0.5, 0.6) is 0 Å². The minimum absolute atomic E-state index is 0.0147. The molecule has 2 amide bonds. The van der Waals surface area contributed by atoms with E-state index in [1.165, 1.54) is 11.1 Å². The number of nitrogens with one attached hydrogen (secondary N) is 1. The Balaban J connectivity index is 1.68. The summed E-state index contributed by atoms with van der Waals surface area (Å²) in [6, 6.07) is 6.17. The Kier molecular flexibility index (Phi) is 3.85. The molecule has 0 bridgehead atoms. The van der Waals surface area contributed by atoms with Gasteiger partial charge in [-0.05, 0) is 48.9 Å². The molecule has 1 aromatic rings. The maximum Gasteiger partial charge on any atom is 0.318 e. The van der Waals surface area contributed by atoms with Crippen LogP contribution in [0.3, 0.4) is 0 Å². The summed E-state index contributed by atoms with van der Waals surface area (Å²) in [7, 11) is 0. The highest BCUT2D eigenvalue weighted by atomic mass is 35.5. The second-order valence-electron chi connectivity index (χ2n) is 5.53. The predicted molar refractivity (Wildman–Crippen MR) is 77.9 cm³/mol. The molecule has 2 aliphatic carbocycles. The summed E-state index contributed by atoms with van der Waals surface area (Å²) in [4.78, 5) is 14.1. The number of aryl methyl sites for hydroxylation is 1. The summed E-state index contributed by atoms with van der Waals surface area (Å²) in [5.41, 5.74) is 2.39. The molecule has 1 saturated carbocycles. The Hall–Kier alpha value is -1.26. The third-order valence-corrected chi connectivity index (χ3v) is 4.31. The van der Waals surface area contributed by atoms with Crippen LogP contribution in [0.1, 0.15) is 36.4 Å². The highest BCUT2D eigenvalue weighted by Crippen LogP contribution is 2.33. The van der Waals surface area contributed by atoms with Crippen LogP contribution in [0.25, 0.3) is 0 Å². The fraction of sp³-hybridized carbons (Fsp3) is 0.533. The monoisotopic (exact) mass is 294 g/mol. The summed E-state index contributed by atoms with van der Waals surface area (Å²) in [5, 5.41) is 12.9. The normalized spacial score (nSPS) is 20.6. The Bertz CT molecular complexity index is 517. The Morgan fingerprint density at radius 3 is 2.90 bits per heavy atom. The van der Waals surface area contributed by atoms with Gasteiger partial charge in [-0.3, -0.25) is 0 Å². The number of nitrogens with zero attached hydrogens (tertiary/aromatic N) is 1. The topological polar surface area (TPSA) is 52.6 Å². The van der Waals surface area contributed by atoms with Crippen molar-refractivity contribution in [3.05, 3.63) is 34.3 Å². The molecular formula is C15H19ClN2O2. The van der Waals surface area contributed by atoms with Crippen molar-refractivity contribution in [1.82, 2.24) is 10.2 Å². The molecule has 0 spiro atoms. The Morgan fingerprint density at radius 1 is 1.40 bits per heavy atom. The third-order valence-electron chi connectivity index (χ3n) is 4.07. The van der Waals surface area contributed by atoms with Gasteiger partial charge in [-0.2, -0.15) is 0 Å². The average molecular weight is 295 g/mol. The molecule has 0 saturated heterocycles. The van der Waals surface area contributed by atoms with E-state index in [0.717, 1.165) is 30.7 Å². The first-order valence-corrected chi connectivity index (χ1v) is 7.53.